The Morgan fingerprint density at radius 3 is 1.65 bits per heavy atom. The number of methoxy groups -OCH3 is 2. The van der Waals surface area contributed by atoms with Gasteiger partial charge in [-0.05, 0) is 64.8 Å². The summed E-state index contributed by atoms with van der Waals surface area (Å²) in [7, 11) is 3.00. The molecule has 0 unspecified atom stereocenters. The van der Waals surface area contributed by atoms with Gasteiger partial charge in [-0.3, -0.25) is 0 Å². The third-order valence-corrected chi connectivity index (χ3v) is 6.64. The second-order valence-electron chi connectivity index (χ2n) is 8.41. The molecule has 2 aromatic carbocycles. The standard InChI is InChI=1S/C24H32O7/c1-13-5-14-6-20(30-3)16(9-25)18(11-27)22(14)23-15(8-24(13,2)29)7-21(31-4)17(10-26)19(23)12-28/h6-7,13,25-29H,5,8-12H2,1-4H3/t13-,24-/m0/s1. The maximum Gasteiger partial charge on any atom is 0.125 e. The molecule has 0 aromatic heterocycles. The fourth-order valence-corrected chi connectivity index (χ4v) is 4.71. The number of aliphatic hydroxyl groups excluding tert-OH is 4. The van der Waals surface area contributed by atoms with E-state index in [1.165, 1.54) is 14.2 Å². The Bertz CT molecular complexity index is 965. The van der Waals surface area contributed by atoms with Crippen molar-refractivity contribution >= 4 is 0 Å². The van der Waals surface area contributed by atoms with Gasteiger partial charge in [-0.1, -0.05) is 6.92 Å². The summed E-state index contributed by atoms with van der Waals surface area (Å²) in [5.74, 6) is 0.759. The van der Waals surface area contributed by atoms with Gasteiger partial charge >= 0.3 is 0 Å². The Hall–Kier alpha value is -2.16. The highest BCUT2D eigenvalue weighted by Gasteiger charge is 2.36. The van der Waals surface area contributed by atoms with Crippen molar-refractivity contribution < 1.29 is 35.0 Å². The van der Waals surface area contributed by atoms with E-state index in [9.17, 15) is 25.5 Å². The Kier molecular flexibility index (Phi) is 6.93. The molecule has 0 saturated carbocycles. The van der Waals surface area contributed by atoms with Crippen LogP contribution in [-0.2, 0) is 39.3 Å². The van der Waals surface area contributed by atoms with Crippen LogP contribution >= 0.6 is 0 Å². The summed E-state index contributed by atoms with van der Waals surface area (Å²) in [6.45, 7) is 2.37. The minimum absolute atomic E-state index is 0.128. The Balaban J connectivity index is 2.54. The van der Waals surface area contributed by atoms with Crippen molar-refractivity contribution in [1.29, 1.82) is 0 Å². The molecule has 0 heterocycles. The van der Waals surface area contributed by atoms with Crippen LogP contribution in [0.15, 0.2) is 12.1 Å². The number of fused-ring (bicyclic) bond motifs is 3. The van der Waals surface area contributed by atoms with Gasteiger partial charge in [0.25, 0.3) is 0 Å². The molecule has 0 spiro atoms. The first-order valence-corrected chi connectivity index (χ1v) is 10.4. The summed E-state index contributed by atoms with van der Waals surface area (Å²) in [4.78, 5) is 0. The largest absolute Gasteiger partial charge is 0.496 e. The van der Waals surface area contributed by atoms with E-state index < -0.39 is 5.60 Å². The molecular weight excluding hydrogens is 400 g/mol. The van der Waals surface area contributed by atoms with Crippen LogP contribution in [0.5, 0.6) is 11.5 Å². The first kappa shape index (κ1) is 23.5. The lowest BCUT2D eigenvalue weighted by Crippen LogP contribution is -2.38. The first-order valence-electron chi connectivity index (χ1n) is 10.4. The molecule has 0 radical (unpaired) electrons. The second kappa shape index (κ2) is 9.14. The SMILES string of the molecule is COc1cc2c(c(CO)c1CO)-c1c(cc(OC)c(CO)c1CO)C[C@](C)(O)[C@@H](C)C2. The molecule has 1 aliphatic carbocycles. The van der Waals surface area contributed by atoms with Crippen molar-refractivity contribution in [2.45, 2.75) is 58.7 Å². The van der Waals surface area contributed by atoms with Crippen molar-refractivity contribution in [3.63, 3.8) is 0 Å². The Morgan fingerprint density at radius 2 is 1.23 bits per heavy atom. The number of hydrogen-bond donors (Lipinski definition) is 5. The number of ether oxygens (including phenoxy) is 2. The Labute approximate surface area is 182 Å². The minimum Gasteiger partial charge on any atom is -0.496 e. The first-order chi connectivity index (χ1) is 14.8. The lowest BCUT2D eigenvalue weighted by molar-refractivity contribution is 0.00630. The van der Waals surface area contributed by atoms with E-state index in [1.54, 1.807) is 13.0 Å². The zero-order valence-electron chi connectivity index (χ0n) is 18.5. The number of aliphatic hydroxyl groups is 5. The van der Waals surface area contributed by atoms with Gasteiger partial charge in [-0.2, -0.15) is 0 Å². The highest BCUT2D eigenvalue weighted by molar-refractivity contribution is 5.82. The zero-order valence-corrected chi connectivity index (χ0v) is 18.5. The van der Waals surface area contributed by atoms with Gasteiger partial charge in [0.2, 0.25) is 0 Å². The lowest BCUT2D eigenvalue weighted by atomic mass is 9.72. The average molecular weight is 433 g/mol. The molecular formula is C24H32O7. The summed E-state index contributed by atoms with van der Waals surface area (Å²) in [5, 5.41) is 52.0. The third-order valence-electron chi connectivity index (χ3n) is 6.64. The van der Waals surface area contributed by atoms with Crippen LogP contribution in [0.3, 0.4) is 0 Å². The molecule has 2 aromatic rings. The molecule has 0 fully saturated rings. The van der Waals surface area contributed by atoms with Gasteiger partial charge in [0, 0.05) is 17.5 Å². The highest BCUT2D eigenvalue weighted by Crippen LogP contribution is 2.46. The summed E-state index contributed by atoms with van der Waals surface area (Å²) >= 11 is 0. The van der Waals surface area contributed by atoms with Gasteiger partial charge < -0.3 is 35.0 Å². The zero-order chi connectivity index (χ0) is 22.9. The van der Waals surface area contributed by atoms with Gasteiger partial charge in [-0.25, -0.2) is 0 Å². The minimum atomic E-state index is -1.05. The topological polar surface area (TPSA) is 120 Å². The molecule has 7 heteroatoms. The predicted octanol–water partition coefficient (Wildman–Crippen LogP) is 1.83. The van der Waals surface area contributed by atoms with Crippen LogP contribution in [0.1, 0.15) is 47.2 Å². The fraction of sp³-hybridized carbons (Fsp3) is 0.500. The van der Waals surface area contributed by atoms with Gasteiger partial charge in [-0.15, -0.1) is 0 Å². The third kappa shape index (κ3) is 3.92. The highest BCUT2D eigenvalue weighted by atomic mass is 16.5. The second-order valence-corrected chi connectivity index (χ2v) is 8.41. The van der Waals surface area contributed by atoms with Crippen LogP contribution in [0.4, 0.5) is 0 Å². The van der Waals surface area contributed by atoms with Crippen molar-refractivity contribution in [1.82, 2.24) is 0 Å². The van der Waals surface area contributed by atoms with E-state index in [4.69, 9.17) is 9.47 Å². The molecule has 0 bridgehead atoms. The average Bonchev–Trinajstić information content (AvgIpc) is 2.76. The molecule has 0 aliphatic heterocycles. The van der Waals surface area contributed by atoms with Crippen LogP contribution in [0, 0.1) is 5.92 Å². The normalized spacial score (nSPS) is 20.5. The lowest BCUT2D eigenvalue weighted by Gasteiger charge is -2.36. The number of rotatable bonds is 6. The summed E-state index contributed by atoms with van der Waals surface area (Å²) in [6.07, 6.45) is 0.797. The maximum atomic E-state index is 11.3. The van der Waals surface area contributed by atoms with Gasteiger partial charge in [0.05, 0.1) is 46.2 Å². The molecule has 2 atom stereocenters. The van der Waals surface area contributed by atoms with Gasteiger partial charge in [0.1, 0.15) is 11.5 Å². The molecule has 5 N–H and O–H groups in total. The molecule has 0 saturated heterocycles. The van der Waals surface area contributed by atoms with Crippen LogP contribution < -0.4 is 9.47 Å². The fourth-order valence-electron chi connectivity index (χ4n) is 4.71. The molecule has 7 nitrogen and oxygen atoms in total. The molecule has 1 aliphatic rings. The van der Waals surface area contributed by atoms with E-state index in [-0.39, 0.29) is 32.3 Å². The number of benzene rings is 2. The monoisotopic (exact) mass is 432 g/mol. The van der Waals surface area contributed by atoms with Crippen molar-refractivity contribution in [2.75, 3.05) is 14.2 Å². The van der Waals surface area contributed by atoms with E-state index in [0.717, 1.165) is 11.1 Å². The molecule has 170 valence electrons. The summed E-state index contributed by atoms with van der Waals surface area (Å²) < 4.78 is 11.0. The summed E-state index contributed by atoms with van der Waals surface area (Å²) in [6, 6.07) is 3.60. The van der Waals surface area contributed by atoms with Crippen LogP contribution in [-0.4, -0.2) is 45.4 Å². The predicted molar refractivity (Wildman–Crippen MR) is 116 cm³/mol. The van der Waals surface area contributed by atoms with Crippen LogP contribution in [0.2, 0.25) is 0 Å². The molecule has 3 rings (SSSR count). The van der Waals surface area contributed by atoms with Crippen molar-refractivity contribution in [2.24, 2.45) is 5.92 Å². The van der Waals surface area contributed by atoms with E-state index >= 15 is 0 Å². The summed E-state index contributed by atoms with van der Waals surface area (Å²) in [5.41, 5.74) is 3.78. The van der Waals surface area contributed by atoms with Gasteiger partial charge in [0.15, 0.2) is 0 Å². The quantitative estimate of drug-likeness (QED) is 0.472. The van der Waals surface area contributed by atoms with Crippen molar-refractivity contribution in [3.8, 4) is 22.6 Å². The molecule has 0 amide bonds. The van der Waals surface area contributed by atoms with E-state index in [1.807, 2.05) is 13.0 Å². The Morgan fingerprint density at radius 1 is 0.806 bits per heavy atom. The van der Waals surface area contributed by atoms with Crippen LogP contribution in [0.25, 0.3) is 11.1 Å². The van der Waals surface area contributed by atoms with Crippen molar-refractivity contribution in [3.05, 3.63) is 45.5 Å². The van der Waals surface area contributed by atoms with E-state index in [2.05, 4.69) is 0 Å². The maximum absolute atomic E-state index is 11.3. The smallest absolute Gasteiger partial charge is 0.125 e. The van der Waals surface area contributed by atoms with E-state index in [0.29, 0.717) is 57.7 Å². The number of hydrogen-bond acceptors (Lipinski definition) is 7. The molecule has 31 heavy (non-hydrogen) atoms.